The van der Waals surface area contributed by atoms with Gasteiger partial charge in [0.2, 0.25) is 5.91 Å². The Balaban J connectivity index is 1.67. The van der Waals surface area contributed by atoms with Crippen molar-refractivity contribution in [2.75, 3.05) is 17.7 Å². The van der Waals surface area contributed by atoms with Gasteiger partial charge in [-0.05, 0) is 59.7 Å². The molecule has 0 atom stereocenters. The monoisotopic (exact) mass is 435 g/mol. The van der Waals surface area contributed by atoms with Crippen LogP contribution in [0.1, 0.15) is 36.5 Å². The van der Waals surface area contributed by atoms with Crippen LogP contribution in [0.5, 0.6) is 5.75 Å². The van der Waals surface area contributed by atoms with Crippen LogP contribution in [0.15, 0.2) is 60.7 Å². The van der Waals surface area contributed by atoms with E-state index in [0.29, 0.717) is 29.1 Å². The van der Waals surface area contributed by atoms with Crippen molar-refractivity contribution in [1.82, 2.24) is 5.32 Å². The molecule has 3 rings (SSSR count). The number of amides is 2. The zero-order valence-corrected chi connectivity index (χ0v) is 18.3. The van der Waals surface area contributed by atoms with Crippen molar-refractivity contribution in [1.29, 1.82) is 0 Å². The van der Waals surface area contributed by atoms with Gasteiger partial charge in [-0.2, -0.15) is 0 Å². The minimum Gasteiger partial charge on any atom is -0.496 e. The predicted octanol–water partition coefficient (Wildman–Crippen LogP) is 5.10. The quantitative estimate of drug-likeness (QED) is 0.450. The van der Waals surface area contributed by atoms with Crippen LogP contribution < -0.4 is 20.7 Å². The average molecular weight is 436 g/mol. The summed E-state index contributed by atoms with van der Waals surface area (Å²) in [4.78, 5) is 24.7. The molecule has 0 spiro atoms. The standard InChI is InChI=1S/C24H25N3O3S/c1-3-4-12-22(28)25-18-10-7-11-19(15-18)26-24(31)27-23(29)20-13-16-8-5-6-9-17(16)14-21(20)30-2/h5-11,13-15H,3-4,12H2,1-2H3,(H,25,28)(H2,26,27,29,31). The van der Waals surface area contributed by atoms with E-state index < -0.39 is 0 Å². The predicted molar refractivity (Wildman–Crippen MR) is 129 cm³/mol. The first-order valence-electron chi connectivity index (χ1n) is 10.1. The Labute approximate surface area is 187 Å². The molecule has 0 unspecified atom stereocenters. The minimum atomic E-state index is -0.371. The Morgan fingerprint density at radius 2 is 1.61 bits per heavy atom. The van der Waals surface area contributed by atoms with E-state index in [2.05, 4.69) is 16.0 Å². The Hall–Kier alpha value is -3.45. The van der Waals surface area contributed by atoms with Gasteiger partial charge in [-0.15, -0.1) is 0 Å². The maximum atomic E-state index is 12.8. The highest BCUT2D eigenvalue weighted by Crippen LogP contribution is 2.26. The molecule has 3 aromatic rings. The van der Waals surface area contributed by atoms with Gasteiger partial charge in [0.1, 0.15) is 5.75 Å². The molecule has 0 aromatic heterocycles. The van der Waals surface area contributed by atoms with Crippen LogP contribution in [0.25, 0.3) is 10.8 Å². The molecule has 0 aliphatic rings. The summed E-state index contributed by atoms with van der Waals surface area (Å²) in [5.41, 5.74) is 1.71. The van der Waals surface area contributed by atoms with Crippen molar-refractivity contribution >= 4 is 51.3 Å². The Morgan fingerprint density at radius 1 is 0.935 bits per heavy atom. The van der Waals surface area contributed by atoms with Crippen molar-refractivity contribution in [3.05, 3.63) is 66.2 Å². The number of fused-ring (bicyclic) bond motifs is 1. The van der Waals surface area contributed by atoms with E-state index in [-0.39, 0.29) is 16.9 Å². The van der Waals surface area contributed by atoms with Crippen LogP contribution in [0.2, 0.25) is 0 Å². The van der Waals surface area contributed by atoms with E-state index in [4.69, 9.17) is 17.0 Å². The smallest absolute Gasteiger partial charge is 0.261 e. The normalized spacial score (nSPS) is 10.4. The molecular formula is C24H25N3O3S. The van der Waals surface area contributed by atoms with Gasteiger partial charge < -0.3 is 15.4 Å². The number of carbonyl (C=O) groups excluding carboxylic acids is 2. The Bertz CT molecular complexity index is 1110. The van der Waals surface area contributed by atoms with Gasteiger partial charge in [0.15, 0.2) is 5.11 Å². The number of unbranched alkanes of at least 4 members (excludes halogenated alkanes) is 1. The second-order valence-corrected chi connectivity index (χ2v) is 7.45. The number of methoxy groups -OCH3 is 1. The van der Waals surface area contributed by atoms with Gasteiger partial charge in [0.25, 0.3) is 5.91 Å². The fourth-order valence-corrected chi connectivity index (χ4v) is 3.34. The van der Waals surface area contributed by atoms with Gasteiger partial charge >= 0.3 is 0 Å². The van der Waals surface area contributed by atoms with E-state index >= 15 is 0 Å². The topological polar surface area (TPSA) is 79.5 Å². The van der Waals surface area contributed by atoms with Crippen molar-refractivity contribution in [3.8, 4) is 5.75 Å². The first-order valence-corrected chi connectivity index (χ1v) is 10.5. The molecule has 3 aromatic carbocycles. The lowest BCUT2D eigenvalue weighted by atomic mass is 10.1. The number of ether oxygens (including phenoxy) is 1. The number of nitrogens with one attached hydrogen (secondary N) is 3. The molecule has 6 nitrogen and oxygen atoms in total. The van der Waals surface area contributed by atoms with Crippen LogP contribution in [-0.4, -0.2) is 24.0 Å². The number of hydrogen-bond donors (Lipinski definition) is 3. The van der Waals surface area contributed by atoms with Crippen molar-refractivity contribution in [2.45, 2.75) is 26.2 Å². The van der Waals surface area contributed by atoms with Crippen LogP contribution in [0.3, 0.4) is 0 Å². The third kappa shape index (κ3) is 6.02. The van der Waals surface area contributed by atoms with Crippen molar-refractivity contribution in [2.24, 2.45) is 0 Å². The summed E-state index contributed by atoms with van der Waals surface area (Å²) in [7, 11) is 1.53. The van der Waals surface area contributed by atoms with E-state index in [1.807, 2.05) is 37.3 Å². The lowest BCUT2D eigenvalue weighted by Crippen LogP contribution is -2.34. The molecule has 0 saturated heterocycles. The molecule has 0 aliphatic heterocycles. The zero-order valence-electron chi connectivity index (χ0n) is 17.5. The molecule has 0 radical (unpaired) electrons. The first-order chi connectivity index (χ1) is 15.0. The van der Waals surface area contributed by atoms with Crippen LogP contribution in [0, 0.1) is 0 Å². The largest absolute Gasteiger partial charge is 0.496 e. The molecular weight excluding hydrogens is 410 g/mol. The SMILES string of the molecule is CCCCC(=O)Nc1cccc(NC(=S)NC(=O)c2cc3ccccc3cc2OC)c1. The van der Waals surface area contributed by atoms with Gasteiger partial charge in [-0.1, -0.05) is 43.7 Å². The van der Waals surface area contributed by atoms with E-state index in [0.717, 1.165) is 23.6 Å². The Morgan fingerprint density at radius 3 is 2.29 bits per heavy atom. The third-order valence-corrected chi connectivity index (χ3v) is 4.91. The van der Waals surface area contributed by atoms with Gasteiger partial charge in [-0.3, -0.25) is 14.9 Å². The molecule has 0 heterocycles. The van der Waals surface area contributed by atoms with Crippen molar-refractivity contribution < 1.29 is 14.3 Å². The number of hydrogen-bond acceptors (Lipinski definition) is 4. The zero-order chi connectivity index (χ0) is 22.2. The lowest BCUT2D eigenvalue weighted by molar-refractivity contribution is -0.116. The van der Waals surface area contributed by atoms with E-state index in [1.165, 1.54) is 7.11 Å². The fourth-order valence-electron chi connectivity index (χ4n) is 3.13. The average Bonchev–Trinajstić information content (AvgIpc) is 2.76. The second-order valence-electron chi connectivity index (χ2n) is 7.04. The molecule has 31 heavy (non-hydrogen) atoms. The summed E-state index contributed by atoms with van der Waals surface area (Å²) in [5.74, 6) is 0.0678. The van der Waals surface area contributed by atoms with Crippen LogP contribution >= 0.6 is 12.2 Å². The number of anilines is 2. The van der Waals surface area contributed by atoms with Crippen LogP contribution in [-0.2, 0) is 4.79 Å². The summed E-state index contributed by atoms with van der Waals surface area (Å²) in [5, 5.41) is 10.6. The maximum absolute atomic E-state index is 12.8. The van der Waals surface area contributed by atoms with Crippen LogP contribution in [0.4, 0.5) is 11.4 Å². The summed E-state index contributed by atoms with van der Waals surface area (Å²) >= 11 is 5.30. The van der Waals surface area contributed by atoms with Gasteiger partial charge in [-0.25, -0.2) is 0 Å². The maximum Gasteiger partial charge on any atom is 0.261 e. The molecule has 0 bridgehead atoms. The summed E-state index contributed by atoms with van der Waals surface area (Å²) < 4.78 is 5.39. The van der Waals surface area contributed by atoms with E-state index in [9.17, 15) is 9.59 Å². The molecule has 3 N–H and O–H groups in total. The molecule has 7 heteroatoms. The van der Waals surface area contributed by atoms with E-state index in [1.54, 1.807) is 30.3 Å². The lowest BCUT2D eigenvalue weighted by Gasteiger charge is -2.13. The third-order valence-electron chi connectivity index (χ3n) is 4.70. The summed E-state index contributed by atoms with van der Waals surface area (Å²) in [6.07, 6.45) is 2.29. The molecule has 2 amide bonds. The molecule has 0 aliphatic carbocycles. The summed E-state index contributed by atoms with van der Waals surface area (Å²) in [6, 6.07) is 18.5. The fraction of sp³-hybridized carbons (Fsp3) is 0.208. The first kappa shape index (κ1) is 22.2. The number of carbonyl (C=O) groups is 2. The van der Waals surface area contributed by atoms with Crippen molar-refractivity contribution in [3.63, 3.8) is 0 Å². The van der Waals surface area contributed by atoms with Gasteiger partial charge in [0, 0.05) is 17.8 Å². The molecule has 160 valence electrons. The minimum absolute atomic E-state index is 0.0294. The number of thiocarbonyl (C=S) groups is 1. The van der Waals surface area contributed by atoms with Gasteiger partial charge in [0.05, 0.1) is 12.7 Å². The summed E-state index contributed by atoms with van der Waals surface area (Å²) in [6.45, 7) is 2.04. The molecule has 0 fully saturated rings. The Kier molecular flexibility index (Phi) is 7.56. The highest BCUT2D eigenvalue weighted by atomic mass is 32.1. The highest BCUT2D eigenvalue weighted by molar-refractivity contribution is 7.80. The number of rotatable bonds is 7. The second kappa shape index (κ2) is 10.5. The number of benzene rings is 3. The highest BCUT2D eigenvalue weighted by Gasteiger charge is 2.15. The molecule has 0 saturated carbocycles.